The minimum Gasteiger partial charge on any atom is -0.358 e. The molecular weight excluding hydrogens is 200 g/mol. The fourth-order valence-corrected chi connectivity index (χ4v) is 1.28. The SMILES string of the molecule is CNC(=O)C(N)Cc1ccc(Cl)cc1. The summed E-state index contributed by atoms with van der Waals surface area (Å²) < 4.78 is 0. The number of hydrogen-bond donors (Lipinski definition) is 2. The fraction of sp³-hybridized carbons (Fsp3) is 0.300. The second kappa shape index (κ2) is 4.98. The van der Waals surface area contributed by atoms with Gasteiger partial charge >= 0.3 is 0 Å². The Hall–Kier alpha value is -1.06. The van der Waals surface area contributed by atoms with Crippen LogP contribution in [0.2, 0.25) is 5.02 Å². The maximum atomic E-state index is 11.1. The Balaban J connectivity index is 2.60. The molecule has 0 spiro atoms. The van der Waals surface area contributed by atoms with Crippen molar-refractivity contribution in [3.63, 3.8) is 0 Å². The summed E-state index contributed by atoms with van der Waals surface area (Å²) in [5, 5.41) is 3.19. The van der Waals surface area contributed by atoms with Crippen LogP contribution in [0.15, 0.2) is 24.3 Å². The van der Waals surface area contributed by atoms with E-state index in [4.69, 9.17) is 17.3 Å². The van der Waals surface area contributed by atoms with Crippen molar-refractivity contribution in [2.75, 3.05) is 7.05 Å². The zero-order valence-electron chi connectivity index (χ0n) is 7.96. The molecular formula is C10H13ClN2O. The van der Waals surface area contributed by atoms with Gasteiger partial charge in [0.05, 0.1) is 6.04 Å². The maximum absolute atomic E-state index is 11.1. The quantitative estimate of drug-likeness (QED) is 0.784. The van der Waals surface area contributed by atoms with Gasteiger partial charge < -0.3 is 11.1 Å². The van der Waals surface area contributed by atoms with Gasteiger partial charge in [-0.05, 0) is 24.1 Å². The summed E-state index contributed by atoms with van der Waals surface area (Å²) >= 11 is 5.73. The number of likely N-dealkylation sites (N-methyl/N-ethyl adjacent to an activating group) is 1. The first kappa shape index (κ1) is 11.0. The largest absolute Gasteiger partial charge is 0.358 e. The number of carbonyl (C=O) groups excluding carboxylic acids is 1. The van der Waals surface area contributed by atoms with Gasteiger partial charge in [-0.2, -0.15) is 0 Å². The maximum Gasteiger partial charge on any atom is 0.237 e. The van der Waals surface area contributed by atoms with E-state index in [1.54, 1.807) is 19.2 Å². The van der Waals surface area contributed by atoms with Gasteiger partial charge in [-0.25, -0.2) is 0 Å². The minimum atomic E-state index is -0.499. The third-order valence-corrected chi connectivity index (χ3v) is 2.20. The van der Waals surface area contributed by atoms with Crippen LogP contribution in [0.4, 0.5) is 0 Å². The summed E-state index contributed by atoms with van der Waals surface area (Å²) in [5.74, 6) is -0.153. The second-order valence-corrected chi connectivity index (χ2v) is 3.49. The van der Waals surface area contributed by atoms with Crippen molar-refractivity contribution in [1.82, 2.24) is 5.32 Å². The Bertz CT molecular complexity index is 310. The monoisotopic (exact) mass is 212 g/mol. The van der Waals surface area contributed by atoms with Crippen LogP contribution in [-0.2, 0) is 11.2 Å². The molecule has 0 radical (unpaired) electrons. The first-order valence-electron chi connectivity index (χ1n) is 4.35. The smallest absolute Gasteiger partial charge is 0.237 e. The lowest BCUT2D eigenvalue weighted by molar-refractivity contribution is -0.121. The Kier molecular flexibility index (Phi) is 3.92. The zero-order valence-corrected chi connectivity index (χ0v) is 8.71. The lowest BCUT2D eigenvalue weighted by Gasteiger charge is -2.09. The van der Waals surface area contributed by atoms with Gasteiger partial charge in [-0.1, -0.05) is 23.7 Å². The predicted molar refractivity (Wildman–Crippen MR) is 57.2 cm³/mol. The molecule has 1 aromatic carbocycles. The van der Waals surface area contributed by atoms with Crippen molar-refractivity contribution < 1.29 is 4.79 Å². The highest BCUT2D eigenvalue weighted by molar-refractivity contribution is 6.30. The predicted octanol–water partition coefficient (Wildman–Crippen LogP) is 0.956. The third-order valence-electron chi connectivity index (χ3n) is 1.95. The van der Waals surface area contributed by atoms with Gasteiger partial charge in [0.15, 0.2) is 0 Å². The molecule has 0 bridgehead atoms. The van der Waals surface area contributed by atoms with Crippen LogP contribution < -0.4 is 11.1 Å². The van der Waals surface area contributed by atoms with Crippen LogP contribution in [0.25, 0.3) is 0 Å². The van der Waals surface area contributed by atoms with E-state index in [9.17, 15) is 4.79 Å². The fourth-order valence-electron chi connectivity index (χ4n) is 1.15. The van der Waals surface area contributed by atoms with E-state index in [0.29, 0.717) is 11.4 Å². The Labute approximate surface area is 88.2 Å². The highest BCUT2D eigenvalue weighted by Gasteiger charge is 2.11. The molecule has 76 valence electrons. The third kappa shape index (κ3) is 3.01. The summed E-state index contributed by atoms with van der Waals surface area (Å²) in [6.07, 6.45) is 0.525. The molecule has 0 heterocycles. The van der Waals surface area contributed by atoms with E-state index in [0.717, 1.165) is 5.56 Å². The van der Waals surface area contributed by atoms with Crippen molar-refractivity contribution in [1.29, 1.82) is 0 Å². The summed E-state index contributed by atoms with van der Waals surface area (Å²) in [7, 11) is 1.57. The van der Waals surface area contributed by atoms with Crippen molar-refractivity contribution in [3.05, 3.63) is 34.9 Å². The molecule has 1 amide bonds. The highest BCUT2D eigenvalue weighted by atomic mass is 35.5. The average Bonchev–Trinajstić information content (AvgIpc) is 2.20. The number of hydrogen-bond acceptors (Lipinski definition) is 2. The molecule has 3 nitrogen and oxygen atoms in total. The van der Waals surface area contributed by atoms with E-state index in [-0.39, 0.29) is 5.91 Å². The van der Waals surface area contributed by atoms with Gasteiger partial charge in [0.1, 0.15) is 0 Å². The van der Waals surface area contributed by atoms with Crippen molar-refractivity contribution in [2.24, 2.45) is 5.73 Å². The second-order valence-electron chi connectivity index (χ2n) is 3.05. The number of halogens is 1. The molecule has 0 aliphatic heterocycles. The van der Waals surface area contributed by atoms with Crippen LogP contribution >= 0.6 is 11.6 Å². The topological polar surface area (TPSA) is 55.1 Å². The van der Waals surface area contributed by atoms with Gasteiger partial charge in [0, 0.05) is 12.1 Å². The average molecular weight is 213 g/mol. The molecule has 14 heavy (non-hydrogen) atoms. The normalized spacial score (nSPS) is 12.2. The van der Waals surface area contributed by atoms with Gasteiger partial charge in [0.25, 0.3) is 0 Å². The number of rotatable bonds is 3. The van der Waals surface area contributed by atoms with Crippen molar-refractivity contribution in [3.8, 4) is 0 Å². The number of benzene rings is 1. The van der Waals surface area contributed by atoms with Gasteiger partial charge in [-0.3, -0.25) is 4.79 Å². The first-order chi connectivity index (χ1) is 6.63. The molecule has 1 atom stereocenters. The van der Waals surface area contributed by atoms with Crippen LogP contribution in [0.5, 0.6) is 0 Å². The zero-order chi connectivity index (χ0) is 10.6. The molecule has 1 rings (SSSR count). The minimum absolute atomic E-state index is 0.153. The molecule has 3 N–H and O–H groups in total. The van der Waals surface area contributed by atoms with Gasteiger partial charge in [0.2, 0.25) is 5.91 Å². The number of carbonyl (C=O) groups is 1. The molecule has 1 aromatic rings. The Morgan fingerprint density at radius 2 is 2.07 bits per heavy atom. The van der Waals surface area contributed by atoms with Crippen LogP contribution in [-0.4, -0.2) is 19.0 Å². The van der Waals surface area contributed by atoms with E-state index < -0.39 is 6.04 Å². The lowest BCUT2D eigenvalue weighted by atomic mass is 10.1. The summed E-state index contributed by atoms with van der Waals surface area (Å²) in [5.41, 5.74) is 6.66. The van der Waals surface area contributed by atoms with Crippen molar-refractivity contribution >= 4 is 17.5 Å². The molecule has 0 aromatic heterocycles. The molecule has 1 unspecified atom stereocenters. The molecule has 4 heteroatoms. The summed E-state index contributed by atoms with van der Waals surface area (Å²) in [6.45, 7) is 0. The molecule has 0 fully saturated rings. The molecule has 0 saturated heterocycles. The molecule has 0 aliphatic rings. The summed E-state index contributed by atoms with van der Waals surface area (Å²) in [6, 6.07) is 6.80. The highest BCUT2D eigenvalue weighted by Crippen LogP contribution is 2.10. The molecule has 0 aliphatic carbocycles. The van der Waals surface area contributed by atoms with E-state index >= 15 is 0 Å². The first-order valence-corrected chi connectivity index (χ1v) is 4.73. The van der Waals surface area contributed by atoms with Crippen LogP contribution in [0, 0.1) is 0 Å². The number of amides is 1. The Morgan fingerprint density at radius 3 is 2.57 bits per heavy atom. The van der Waals surface area contributed by atoms with Crippen LogP contribution in [0.1, 0.15) is 5.56 Å². The standard InChI is InChI=1S/C10H13ClN2O/c1-13-10(14)9(12)6-7-2-4-8(11)5-3-7/h2-5,9H,6,12H2,1H3,(H,13,14). The molecule has 0 saturated carbocycles. The van der Waals surface area contributed by atoms with Crippen molar-refractivity contribution in [2.45, 2.75) is 12.5 Å². The van der Waals surface area contributed by atoms with E-state index in [2.05, 4.69) is 5.32 Å². The van der Waals surface area contributed by atoms with Gasteiger partial charge in [-0.15, -0.1) is 0 Å². The number of nitrogens with one attached hydrogen (secondary N) is 1. The van der Waals surface area contributed by atoms with E-state index in [1.807, 2.05) is 12.1 Å². The van der Waals surface area contributed by atoms with Crippen LogP contribution in [0.3, 0.4) is 0 Å². The number of nitrogens with two attached hydrogens (primary N) is 1. The Morgan fingerprint density at radius 1 is 1.50 bits per heavy atom. The summed E-state index contributed by atoms with van der Waals surface area (Å²) in [4.78, 5) is 11.1. The lowest BCUT2D eigenvalue weighted by Crippen LogP contribution is -2.40. The van der Waals surface area contributed by atoms with E-state index in [1.165, 1.54) is 0 Å².